The van der Waals surface area contributed by atoms with Crippen molar-refractivity contribution in [2.75, 3.05) is 13.1 Å². The summed E-state index contributed by atoms with van der Waals surface area (Å²) < 4.78 is 1.15. The number of hydrogen-bond acceptors (Lipinski definition) is 2. The Morgan fingerprint density at radius 3 is 2.72 bits per heavy atom. The standard InChI is InChI=1S/C15H23BrN2/c1-2-15(12-6-8-13(16)9-7-12)18-11-14-5-3-4-10-17-14/h6-9,14-15,17-18H,2-5,10-11H2,1H3. The molecule has 2 atom stereocenters. The normalized spacial score (nSPS) is 21.8. The lowest BCUT2D eigenvalue weighted by Gasteiger charge is -2.26. The molecular formula is C15H23BrN2. The summed E-state index contributed by atoms with van der Waals surface area (Å²) in [5.74, 6) is 0. The second-order valence-electron chi connectivity index (χ2n) is 5.07. The van der Waals surface area contributed by atoms with Crippen LogP contribution in [0, 0.1) is 0 Å². The molecule has 2 rings (SSSR count). The van der Waals surface area contributed by atoms with Gasteiger partial charge in [0.25, 0.3) is 0 Å². The van der Waals surface area contributed by atoms with E-state index in [0.717, 1.165) is 17.4 Å². The lowest BCUT2D eigenvalue weighted by atomic mass is 10.0. The SMILES string of the molecule is CCC(NCC1CCCCN1)c1ccc(Br)cc1. The molecule has 3 heteroatoms. The van der Waals surface area contributed by atoms with E-state index in [0.29, 0.717) is 12.1 Å². The van der Waals surface area contributed by atoms with Crippen molar-refractivity contribution in [1.29, 1.82) is 0 Å². The highest BCUT2D eigenvalue weighted by Crippen LogP contribution is 2.19. The number of hydrogen-bond donors (Lipinski definition) is 2. The molecule has 0 bridgehead atoms. The third-order valence-corrected chi connectivity index (χ3v) is 4.23. The van der Waals surface area contributed by atoms with Crippen molar-refractivity contribution >= 4 is 15.9 Å². The molecule has 18 heavy (non-hydrogen) atoms. The lowest BCUT2D eigenvalue weighted by molar-refractivity contribution is 0.364. The van der Waals surface area contributed by atoms with E-state index >= 15 is 0 Å². The number of halogens is 1. The zero-order valence-electron chi connectivity index (χ0n) is 11.1. The molecule has 2 unspecified atom stereocenters. The molecule has 2 N–H and O–H groups in total. The Balaban J connectivity index is 1.86. The molecule has 1 aromatic rings. The summed E-state index contributed by atoms with van der Waals surface area (Å²) in [7, 11) is 0. The monoisotopic (exact) mass is 310 g/mol. The van der Waals surface area contributed by atoms with E-state index in [4.69, 9.17) is 0 Å². The minimum Gasteiger partial charge on any atom is -0.313 e. The predicted octanol–water partition coefficient (Wildman–Crippen LogP) is 3.63. The number of rotatable bonds is 5. The molecule has 100 valence electrons. The molecule has 0 saturated carbocycles. The van der Waals surface area contributed by atoms with Crippen molar-refractivity contribution in [2.24, 2.45) is 0 Å². The van der Waals surface area contributed by atoms with Crippen molar-refractivity contribution in [3.8, 4) is 0 Å². The lowest BCUT2D eigenvalue weighted by Crippen LogP contribution is -2.42. The van der Waals surface area contributed by atoms with E-state index in [1.165, 1.54) is 31.4 Å². The van der Waals surface area contributed by atoms with Crippen molar-refractivity contribution < 1.29 is 0 Å². The topological polar surface area (TPSA) is 24.1 Å². The molecule has 0 aromatic heterocycles. The Morgan fingerprint density at radius 1 is 1.33 bits per heavy atom. The van der Waals surface area contributed by atoms with Gasteiger partial charge in [0.15, 0.2) is 0 Å². The van der Waals surface area contributed by atoms with Gasteiger partial charge in [0.2, 0.25) is 0 Å². The predicted molar refractivity (Wildman–Crippen MR) is 80.8 cm³/mol. The third-order valence-electron chi connectivity index (χ3n) is 3.70. The molecule has 1 aliphatic heterocycles. The molecule has 1 heterocycles. The quantitative estimate of drug-likeness (QED) is 0.868. The maximum atomic E-state index is 3.70. The van der Waals surface area contributed by atoms with E-state index in [1.807, 2.05) is 0 Å². The summed E-state index contributed by atoms with van der Waals surface area (Å²) in [6.45, 7) is 4.50. The van der Waals surface area contributed by atoms with Gasteiger partial charge < -0.3 is 10.6 Å². The number of benzene rings is 1. The van der Waals surface area contributed by atoms with Crippen LogP contribution in [0.3, 0.4) is 0 Å². The summed E-state index contributed by atoms with van der Waals surface area (Å²) in [6.07, 6.45) is 5.15. The molecular weight excluding hydrogens is 288 g/mol. The Kier molecular flexibility index (Phi) is 5.67. The van der Waals surface area contributed by atoms with E-state index in [9.17, 15) is 0 Å². The first-order chi connectivity index (χ1) is 8.79. The van der Waals surface area contributed by atoms with E-state index < -0.39 is 0 Å². The second-order valence-corrected chi connectivity index (χ2v) is 5.98. The van der Waals surface area contributed by atoms with Gasteiger partial charge in [-0.25, -0.2) is 0 Å². The Hall–Kier alpha value is -0.380. The second kappa shape index (κ2) is 7.27. The first-order valence-electron chi connectivity index (χ1n) is 7.02. The van der Waals surface area contributed by atoms with Gasteiger partial charge in [-0.2, -0.15) is 0 Å². The molecule has 2 nitrogen and oxygen atoms in total. The maximum absolute atomic E-state index is 3.70. The van der Waals surface area contributed by atoms with Gasteiger partial charge in [-0.3, -0.25) is 0 Å². The van der Waals surface area contributed by atoms with Crippen LogP contribution in [-0.2, 0) is 0 Å². The van der Waals surface area contributed by atoms with Gasteiger partial charge in [-0.05, 0) is 43.5 Å². The van der Waals surface area contributed by atoms with Gasteiger partial charge in [0, 0.05) is 23.1 Å². The van der Waals surface area contributed by atoms with Gasteiger partial charge in [-0.1, -0.05) is 41.4 Å². The highest BCUT2D eigenvalue weighted by atomic mass is 79.9. The zero-order chi connectivity index (χ0) is 12.8. The van der Waals surface area contributed by atoms with Crippen LogP contribution < -0.4 is 10.6 Å². The van der Waals surface area contributed by atoms with Crippen LogP contribution in [0.4, 0.5) is 0 Å². The van der Waals surface area contributed by atoms with Crippen LogP contribution in [-0.4, -0.2) is 19.1 Å². The van der Waals surface area contributed by atoms with Crippen LogP contribution >= 0.6 is 15.9 Å². The summed E-state index contributed by atoms with van der Waals surface area (Å²) in [6, 6.07) is 9.79. The van der Waals surface area contributed by atoms with Gasteiger partial charge >= 0.3 is 0 Å². The van der Waals surface area contributed by atoms with Gasteiger partial charge in [0.1, 0.15) is 0 Å². The summed E-state index contributed by atoms with van der Waals surface area (Å²) >= 11 is 3.49. The summed E-state index contributed by atoms with van der Waals surface area (Å²) in [5.41, 5.74) is 1.39. The largest absolute Gasteiger partial charge is 0.313 e. The zero-order valence-corrected chi connectivity index (χ0v) is 12.7. The first kappa shape index (κ1) is 14.0. The van der Waals surface area contributed by atoms with Crippen LogP contribution in [0.2, 0.25) is 0 Å². The molecule has 0 spiro atoms. The van der Waals surface area contributed by atoms with Crippen molar-refractivity contribution in [2.45, 2.75) is 44.7 Å². The minimum absolute atomic E-state index is 0.474. The molecule has 1 fully saturated rings. The molecule has 0 radical (unpaired) electrons. The molecule has 0 aliphatic carbocycles. The van der Waals surface area contributed by atoms with E-state index in [-0.39, 0.29) is 0 Å². The highest BCUT2D eigenvalue weighted by Gasteiger charge is 2.15. The highest BCUT2D eigenvalue weighted by molar-refractivity contribution is 9.10. The summed E-state index contributed by atoms with van der Waals surface area (Å²) in [4.78, 5) is 0. The van der Waals surface area contributed by atoms with Gasteiger partial charge in [-0.15, -0.1) is 0 Å². The number of nitrogens with one attached hydrogen (secondary N) is 2. The average molecular weight is 311 g/mol. The van der Waals surface area contributed by atoms with Crippen LogP contribution in [0.15, 0.2) is 28.7 Å². The Bertz CT molecular complexity index is 344. The minimum atomic E-state index is 0.474. The van der Waals surface area contributed by atoms with Crippen molar-refractivity contribution in [3.63, 3.8) is 0 Å². The number of piperidine rings is 1. The molecule has 1 aromatic carbocycles. The fourth-order valence-corrected chi connectivity index (χ4v) is 2.84. The van der Waals surface area contributed by atoms with Crippen molar-refractivity contribution in [3.05, 3.63) is 34.3 Å². The fraction of sp³-hybridized carbons (Fsp3) is 0.600. The Morgan fingerprint density at radius 2 is 2.11 bits per heavy atom. The molecule has 1 aliphatic rings. The maximum Gasteiger partial charge on any atom is 0.0318 e. The fourth-order valence-electron chi connectivity index (χ4n) is 2.58. The van der Waals surface area contributed by atoms with E-state index in [2.05, 4.69) is 57.8 Å². The van der Waals surface area contributed by atoms with Gasteiger partial charge in [0.05, 0.1) is 0 Å². The summed E-state index contributed by atoms with van der Waals surface area (Å²) in [5, 5.41) is 7.29. The van der Waals surface area contributed by atoms with Crippen molar-refractivity contribution in [1.82, 2.24) is 10.6 Å². The molecule has 0 amide bonds. The first-order valence-corrected chi connectivity index (χ1v) is 7.81. The Labute approximate surface area is 119 Å². The van der Waals surface area contributed by atoms with Crippen LogP contribution in [0.5, 0.6) is 0 Å². The average Bonchev–Trinajstić information content (AvgIpc) is 2.42. The smallest absolute Gasteiger partial charge is 0.0318 e. The van der Waals surface area contributed by atoms with Crippen LogP contribution in [0.1, 0.15) is 44.2 Å². The van der Waals surface area contributed by atoms with Crippen LogP contribution in [0.25, 0.3) is 0 Å². The molecule has 1 saturated heterocycles. The third kappa shape index (κ3) is 4.08. The van der Waals surface area contributed by atoms with E-state index in [1.54, 1.807) is 0 Å².